The van der Waals surface area contributed by atoms with Gasteiger partial charge < -0.3 is 9.47 Å². The summed E-state index contributed by atoms with van der Waals surface area (Å²) in [6.45, 7) is 0. The predicted molar refractivity (Wildman–Crippen MR) is 91.6 cm³/mol. The molecule has 8 aliphatic carbocycles. The van der Waals surface area contributed by atoms with Crippen molar-refractivity contribution in [2.45, 2.75) is 12.8 Å². The minimum Gasteiger partial charge on any atom is -0.393 e. The molecule has 2 saturated heterocycles. The van der Waals surface area contributed by atoms with Gasteiger partial charge in [-0.3, -0.25) is 19.2 Å². The van der Waals surface area contributed by atoms with Gasteiger partial charge in [0.05, 0.1) is 23.7 Å². The molecule has 0 aromatic rings. The molecule has 6 fully saturated rings. The lowest BCUT2D eigenvalue weighted by Crippen LogP contribution is -2.40. The molecule has 10 aliphatic rings. The molecular weight excluding hydrogens is 360 g/mol. The van der Waals surface area contributed by atoms with Crippen molar-refractivity contribution in [2.75, 3.05) is 0 Å². The van der Waals surface area contributed by atoms with Crippen molar-refractivity contribution in [3.05, 3.63) is 24.3 Å². The van der Waals surface area contributed by atoms with Gasteiger partial charge in [0, 0.05) is 0 Å². The average Bonchev–Trinajstić information content (AvgIpc) is 3.59. The van der Waals surface area contributed by atoms with Crippen molar-refractivity contribution >= 4 is 23.9 Å². The van der Waals surface area contributed by atoms with E-state index in [9.17, 15) is 19.2 Å². The highest BCUT2D eigenvalue weighted by atomic mass is 16.6. The van der Waals surface area contributed by atoms with Gasteiger partial charge in [0.15, 0.2) is 0 Å². The molecule has 0 unspecified atom stereocenters. The van der Waals surface area contributed by atoms with E-state index in [0.717, 1.165) is 0 Å². The smallest absolute Gasteiger partial charge is 0.318 e. The highest BCUT2D eigenvalue weighted by Gasteiger charge is 2.67. The van der Waals surface area contributed by atoms with Crippen molar-refractivity contribution in [1.82, 2.24) is 0 Å². The number of carbonyl (C=O) groups excluding carboxylic acids is 4. The van der Waals surface area contributed by atoms with Crippen LogP contribution in [0.4, 0.5) is 0 Å². The Labute approximate surface area is 161 Å². The average molecular weight is 380 g/mol. The van der Waals surface area contributed by atoms with E-state index in [-0.39, 0.29) is 47.5 Å². The number of esters is 4. The first-order valence-electron chi connectivity index (χ1n) is 10.4. The number of hydrogen-bond acceptors (Lipinski definition) is 6. The van der Waals surface area contributed by atoms with Crippen LogP contribution in [-0.2, 0) is 28.7 Å². The Morgan fingerprint density at radius 1 is 0.500 bits per heavy atom. The lowest BCUT2D eigenvalue weighted by molar-refractivity contribution is -0.155. The van der Waals surface area contributed by atoms with E-state index in [0.29, 0.717) is 47.3 Å². The molecule has 144 valence electrons. The third-order valence-electron chi connectivity index (χ3n) is 8.79. The molecule has 2 aliphatic heterocycles. The van der Waals surface area contributed by atoms with E-state index in [1.165, 1.54) is 12.8 Å². The van der Waals surface area contributed by atoms with Gasteiger partial charge in [0.2, 0.25) is 0 Å². The summed E-state index contributed by atoms with van der Waals surface area (Å²) in [6, 6.07) is 0. The molecule has 0 N–H and O–H groups in total. The Kier molecular flexibility index (Phi) is 2.70. The van der Waals surface area contributed by atoms with Crippen LogP contribution in [0.2, 0.25) is 0 Å². The van der Waals surface area contributed by atoms with Gasteiger partial charge in [0.25, 0.3) is 0 Å². The summed E-state index contributed by atoms with van der Waals surface area (Å²) in [6.07, 6.45) is 11.0. The van der Waals surface area contributed by atoms with Crippen LogP contribution in [0, 0.1) is 71.0 Å². The summed E-state index contributed by atoms with van der Waals surface area (Å²) in [5, 5.41) is 0. The van der Waals surface area contributed by atoms with E-state index in [4.69, 9.17) is 9.47 Å². The standard InChI is InChI=1S/2C11H10O3/c2*12-10-8-4-1-2-5(7-3-6(4)7)9(8)11(13)14-10/h2*1-2,4-9H,3H2/t2*4-,5+,6+,7-,8-,9+. The second kappa shape index (κ2) is 4.84. The Balaban J connectivity index is 0.000000103. The predicted octanol–water partition coefficient (Wildman–Crippen LogP) is 1.51. The Hall–Kier alpha value is -2.24. The summed E-state index contributed by atoms with van der Waals surface area (Å²) in [5.41, 5.74) is 0. The van der Waals surface area contributed by atoms with Gasteiger partial charge in [-0.25, -0.2) is 0 Å². The highest BCUT2D eigenvalue weighted by molar-refractivity contribution is 5.98. The first-order chi connectivity index (χ1) is 13.5. The van der Waals surface area contributed by atoms with Crippen LogP contribution in [0.3, 0.4) is 0 Å². The Bertz CT molecular complexity index is 774. The zero-order valence-corrected chi connectivity index (χ0v) is 15.1. The third kappa shape index (κ3) is 1.75. The molecule has 2 heterocycles. The monoisotopic (exact) mass is 380 g/mol. The summed E-state index contributed by atoms with van der Waals surface area (Å²) in [5.74, 6) is 2.24. The molecule has 0 aromatic carbocycles. The maximum Gasteiger partial charge on any atom is 0.318 e. The van der Waals surface area contributed by atoms with E-state index < -0.39 is 0 Å². The van der Waals surface area contributed by atoms with Crippen LogP contribution in [0.1, 0.15) is 12.8 Å². The fourth-order valence-corrected chi connectivity index (χ4v) is 7.51. The van der Waals surface area contributed by atoms with Crippen molar-refractivity contribution in [3.63, 3.8) is 0 Å². The number of carbonyl (C=O) groups is 4. The zero-order valence-electron chi connectivity index (χ0n) is 15.1. The molecule has 4 saturated carbocycles. The molecule has 4 bridgehead atoms. The quantitative estimate of drug-likeness (QED) is 0.360. The molecule has 0 aromatic heterocycles. The second-order valence-electron chi connectivity index (χ2n) is 9.79. The van der Waals surface area contributed by atoms with Crippen LogP contribution in [0.5, 0.6) is 0 Å². The van der Waals surface area contributed by atoms with Crippen molar-refractivity contribution in [2.24, 2.45) is 71.0 Å². The number of ether oxygens (including phenoxy) is 2. The van der Waals surface area contributed by atoms with Crippen LogP contribution in [0.15, 0.2) is 24.3 Å². The van der Waals surface area contributed by atoms with E-state index in [1.807, 2.05) is 0 Å². The van der Waals surface area contributed by atoms with Gasteiger partial charge in [0.1, 0.15) is 0 Å². The molecule has 12 atom stereocenters. The van der Waals surface area contributed by atoms with Crippen molar-refractivity contribution in [3.8, 4) is 0 Å². The first-order valence-corrected chi connectivity index (χ1v) is 10.4. The molecule has 28 heavy (non-hydrogen) atoms. The van der Waals surface area contributed by atoms with Gasteiger partial charge in [-0.2, -0.15) is 0 Å². The molecule has 0 radical (unpaired) electrons. The normalized spacial score (nSPS) is 56.9. The van der Waals surface area contributed by atoms with Gasteiger partial charge >= 0.3 is 23.9 Å². The Morgan fingerprint density at radius 3 is 1.00 bits per heavy atom. The summed E-state index contributed by atoms with van der Waals surface area (Å²) in [4.78, 5) is 46.0. The minimum atomic E-state index is -0.273. The minimum absolute atomic E-state index is 0.138. The van der Waals surface area contributed by atoms with E-state index in [2.05, 4.69) is 24.3 Å². The second-order valence-corrected chi connectivity index (χ2v) is 9.79. The van der Waals surface area contributed by atoms with Gasteiger partial charge in [-0.05, 0) is 60.2 Å². The third-order valence-corrected chi connectivity index (χ3v) is 8.79. The summed E-state index contributed by atoms with van der Waals surface area (Å²) >= 11 is 0. The maximum absolute atomic E-state index is 11.5. The largest absolute Gasteiger partial charge is 0.393 e. The molecule has 6 heteroatoms. The molecule has 6 nitrogen and oxygen atoms in total. The summed E-state index contributed by atoms with van der Waals surface area (Å²) < 4.78 is 9.48. The molecular formula is C22H20O6. The SMILES string of the molecule is O=C1OC(=O)[C@H]2[C@H]3C=C[C@H]([C@@H]4C[C@H]34)[C@@H]12.O=C1OC(=O)[C@H]2[C@H]3C=C[C@H]([C@@H]4C[C@H]34)[C@@H]12. The van der Waals surface area contributed by atoms with Crippen LogP contribution < -0.4 is 0 Å². The van der Waals surface area contributed by atoms with Crippen LogP contribution in [-0.4, -0.2) is 23.9 Å². The Morgan fingerprint density at radius 2 is 0.750 bits per heavy atom. The molecule has 0 amide bonds. The zero-order chi connectivity index (χ0) is 18.9. The van der Waals surface area contributed by atoms with E-state index in [1.54, 1.807) is 0 Å². The fraction of sp³-hybridized carbons (Fsp3) is 0.636. The molecule has 10 rings (SSSR count). The van der Waals surface area contributed by atoms with Crippen LogP contribution >= 0.6 is 0 Å². The van der Waals surface area contributed by atoms with E-state index >= 15 is 0 Å². The first kappa shape index (κ1) is 15.7. The number of hydrogen-bond donors (Lipinski definition) is 0. The van der Waals surface area contributed by atoms with Crippen LogP contribution in [0.25, 0.3) is 0 Å². The number of allylic oxidation sites excluding steroid dienone is 4. The highest BCUT2D eigenvalue weighted by Crippen LogP contribution is 2.66. The fourth-order valence-electron chi connectivity index (χ4n) is 7.51. The van der Waals surface area contributed by atoms with Gasteiger partial charge in [-0.15, -0.1) is 0 Å². The summed E-state index contributed by atoms with van der Waals surface area (Å²) in [7, 11) is 0. The van der Waals surface area contributed by atoms with Crippen molar-refractivity contribution in [1.29, 1.82) is 0 Å². The maximum atomic E-state index is 11.5. The van der Waals surface area contributed by atoms with Gasteiger partial charge in [-0.1, -0.05) is 24.3 Å². The van der Waals surface area contributed by atoms with Crippen molar-refractivity contribution < 1.29 is 28.7 Å². The lowest BCUT2D eigenvalue weighted by Gasteiger charge is -2.36. The number of rotatable bonds is 0. The topological polar surface area (TPSA) is 86.7 Å². The lowest BCUT2D eigenvalue weighted by atomic mass is 9.63. The molecule has 0 spiro atoms. The number of cyclic esters (lactones) is 4.